The number of amides is 1. The van der Waals surface area contributed by atoms with Gasteiger partial charge in [-0.05, 0) is 30.3 Å². The van der Waals surface area contributed by atoms with Crippen molar-refractivity contribution >= 4 is 11.6 Å². The summed E-state index contributed by atoms with van der Waals surface area (Å²) in [7, 11) is 1.72. The van der Waals surface area contributed by atoms with Gasteiger partial charge in [-0.15, -0.1) is 0 Å². The highest BCUT2D eigenvalue weighted by atomic mass is 19.4. The van der Waals surface area contributed by atoms with Crippen molar-refractivity contribution < 1.29 is 22.7 Å². The van der Waals surface area contributed by atoms with Crippen molar-refractivity contribution in [3.63, 3.8) is 0 Å². The Labute approximate surface area is 194 Å². The van der Waals surface area contributed by atoms with Crippen LogP contribution < -0.4 is 9.64 Å². The second-order valence-electron chi connectivity index (χ2n) is 7.95. The lowest BCUT2D eigenvalue weighted by Crippen LogP contribution is -2.57. The number of anilines is 1. The molecule has 0 radical (unpaired) electrons. The molecule has 3 aromatic rings. The van der Waals surface area contributed by atoms with Crippen molar-refractivity contribution in [2.24, 2.45) is 7.05 Å². The number of hydrogen-bond acceptors (Lipinski definition) is 5. The number of aromatic nitrogens is 2. The highest BCUT2D eigenvalue weighted by molar-refractivity contribution is 5.92. The molecule has 34 heavy (non-hydrogen) atoms. The van der Waals surface area contributed by atoms with Crippen molar-refractivity contribution in [3.8, 4) is 11.8 Å². The van der Waals surface area contributed by atoms with Crippen LogP contribution in [0.2, 0.25) is 0 Å². The van der Waals surface area contributed by atoms with Gasteiger partial charge in [0.1, 0.15) is 18.1 Å². The molecular weight excluding hydrogens is 447 g/mol. The van der Waals surface area contributed by atoms with Crippen molar-refractivity contribution in [3.05, 3.63) is 77.9 Å². The molecule has 7 nitrogen and oxygen atoms in total. The molecule has 2 heterocycles. The molecule has 1 aromatic heterocycles. The van der Waals surface area contributed by atoms with Crippen LogP contribution in [0.15, 0.2) is 61.1 Å². The van der Waals surface area contributed by atoms with Crippen LogP contribution in [0.1, 0.15) is 21.6 Å². The Balaban J connectivity index is 1.60. The van der Waals surface area contributed by atoms with E-state index in [-0.39, 0.29) is 25.6 Å². The lowest BCUT2D eigenvalue weighted by molar-refractivity contribution is -0.137. The average Bonchev–Trinajstić information content (AvgIpc) is 3.27. The van der Waals surface area contributed by atoms with E-state index in [1.54, 1.807) is 39.6 Å². The first-order chi connectivity index (χ1) is 16.3. The molecule has 1 aliphatic heterocycles. The number of carbonyl (C=O) groups is 1. The Morgan fingerprint density at radius 3 is 2.62 bits per heavy atom. The number of benzene rings is 2. The summed E-state index contributed by atoms with van der Waals surface area (Å²) in [4.78, 5) is 20.7. The van der Waals surface area contributed by atoms with E-state index in [1.807, 2.05) is 18.2 Å². The third-order valence-electron chi connectivity index (χ3n) is 5.76. The Kier molecular flexibility index (Phi) is 6.45. The van der Waals surface area contributed by atoms with Crippen LogP contribution in [0.5, 0.6) is 5.75 Å². The maximum Gasteiger partial charge on any atom is 0.417 e. The number of nitrogens with zero attached hydrogens (tertiary/aromatic N) is 5. The Morgan fingerprint density at radius 1 is 1.21 bits per heavy atom. The van der Waals surface area contributed by atoms with Gasteiger partial charge in [0.15, 0.2) is 0 Å². The number of rotatable bonds is 5. The minimum Gasteiger partial charge on any atom is -0.491 e. The van der Waals surface area contributed by atoms with E-state index in [1.165, 1.54) is 24.7 Å². The molecule has 1 unspecified atom stereocenters. The number of alkyl halides is 3. The van der Waals surface area contributed by atoms with Gasteiger partial charge < -0.3 is 19.1 Å². The van der Waals surface area contributed by atoms with Gasteiger partial charge >= 0.3 is 6.18 Å². The zero-order chi connectivity index (χ0) is 24.3. The van der Waals surface area contributed by atoms with Crippen LogP contribution in [0.3, 0.4) is 0 Å². The summed E-state index contributed by atoms with van der Waals surface area (Å²) >= 11 is 0. The molecule has 0 saturated carbocycles. The second-order valence-corrected chi connectivity index (χ2v) is 7.95. The van der Waals surface area contributed by atoms with Crippen molar-refractivity contribution in [1.82, 2.24) is 14.5 Å². The molecule has 0 N–H and O–H groups in total. The molecule has 1 amide bonds. The number of para-hydroxylation sites is 1. The fourth-order valence-electron chi connectivity index (χ4n) is 3.98. The van der Waals surface area contributed by atoms with Gasteiger partial charge in [-0.25, -0.2) is 4.98 Å². The van der Waals surface area contributed by atoms with E-state index in [0.717, 1.165) is 6.07 Å². The first kappa shape index (κ1) is 23.2. The standard InChI is InChI=1S/C24H22F3N5O2/c1-30-16-29-13-22(30)23(33)32-10-9-31(14-19(32)15-34-20-5-3-2-4-6-20)18-8-7-17(12-28)21(11-18)24(25,26)27/h2-8,11,13,16,19H,9-10,14-15H2,1H3. The van der Waals surface area contributed by atoms with Crippen LogP contribution in [-0.2, 0) is 13.2 Å². The van der Waals surface area contributed by atoms with E-state index in [0.29, 0.717) is 23.7 Å². The smallest absolute Gasteiger partial charge is 0.417 e. The monoisotopic (exact) mass is 469 g/mol. The molecule has 176 valence electrons. The number of aryl methyl sites for hydroxylation is 1. The van der Waals surface area contributed by atoms with Crippen LogP contribution in [0.4, 0.5) is 18.9 Å². The van der Waals surface area contributed by atoms with E-state index in [2.05, 4.69) is 4.98 Å². The minimum atomic E-state index is -4.64. The largest absolute Gasteiger partial charge is 0.491 e. The highest BCUT2D eigenvalue weighted by Crippen LogP contribution is 2.35. The quantitative estimate of drug-likeness (QED) is 0.570. The summed E-state index contributed by atoms with van der Waals surface area (Å²) < 4.78 is 48.0. The molecule has 0 spiro atoms. The van der Waals surface area contributed by atoms with Gasteiger partial charge in [0.25, 0.3) is 5.91 Å². The number of hydrogen-bond donors (Lipinski definition) is 0. The molecule has 0 aliphatic carbocycles. The fraction of sp³-hybridized carbons (Fsp3) is 0.292. The van der Waals surface area contributed by atoms with Crippen LogP contribution in [0.25, 0.3) is 0 Å². The molecule has 0 bridgehead atoms. The number of nitriles is 1. The number of imidazole rings is 1. The number of halogens is 3. The van der Waals surface area contributed by atoms with Crippen LogP contribution in [0, 0.1) is 11.3 Å². The fourth-order valence-corrected chi connectivity index (χ4v) is 3.98. The van der Waals surface area contributed by atoms with Gasteiger partial charge in [0, 0.05) is 32.4 Å². The van der Waals surface area contributed by atoms with Crippen molar-refractivity contribution in [2.75, 3.05) is 31.1 Å². The second kappa shape index (κ2) is 9.47. The van der Waals surface area contributed by atoms with Gasteiger partial charge in [-0.1, -0.05) is 18.2 Å². The molecule has 1 fully saturated rings. The van der Waals surface area contributed by atoms with E-state index in [9.17, 15) is 18.0 Å². The first-order valence-corrected chi connectivity index (χ1v) is 10.6. The summed E-state index contributed by atoms with van der Waals surface area (Å²) in [6.45, 7) is 1.04. The summed E-state index contributed by atoms with van der Waals surface area (Å²) in [6, 6.07) is 14.0. The maximum absolute atomic E-state index is 13.5. The van der Waals surface area contributed by atoms with Gasteiger partial charge in [-0.3, -0.25) is 4.79 Å². The number of piperazine rings is 1. The zero-order valence-corrected chi connectivity index (χ0v) is 18.4. The van der Waals surface area contributed by atoms with Crippen molar-refractivity contribution in [2.45, 2.75) is 12.2 Å². The predicted octanol–water partition coefficient (Wildman–Crippen LogP) is 3.72. The molecule has 10 heteroatoms. The lowest BCUT2D eigenvalue weighted by Gasteiger charge is -2.42. The summed E-state index contributed by atoms with van der Waals surface area (Å²) in [5.74, 6) is 0.405. The summed E-state index contributed by atoms with van der Waals surface area (Å²) in [6.07, 6.45) is -1.62. The zero-order valence-electron chi connectivity index (χ0n) is 18.4. The molecule has 1 aliphatic rings. The third kappa shape index (κ3) is 4.83. The van der Waals surface area contributed by atoms with Gasteiger partial charge in [-0.2, -0.15) is 18.4 Å². The van der Waals surface area contributed by atoms with E-state index >= 15 is 0 Å². The normalized spacial score (nSPS) is 16.3. The molecular formula is C24H22F3N5O2. The third-order valence-corrected chi connectivity index (χ3v) is 5.76. The van der Waals surface area contributed by atoms with Crippen LogP contribution in [-0.4, -0.2) is 52.6 Å². The maximum atomic E-state index is 13.5. The molecule has 1 atom stereocenters. The average molecular weight is 469 g/mol. The number of ether oxygens (including phenoxy) is 1. The molecule has 4 rings (SSSR count). The predicted molar refractivity (Wildman–Crippen MR) is 118 cm³/mol. The topological polar surface area (TPSA) is 74.4 Å². The molecule has 2 aromatic carbocycles. The Morgan fingerprint density at radius 2 is 1.97 bits per heavy atom. The van der Waals surface area contributed by atoms with Gasteiger partial charge in [0.05, 0.1) is 35.8 Å². The summed E-state index contributed by atoms with van der Waals surface area (Å²) in [5.41, 5.74) is -0.650. The Hall–Kier alpha value is -4.00. The van der Waals surface area contributed by atoms with E-state index in [4.69, 9.17) is 10.00 Å². The first-order valence-electron chi connectivity index (χ1n) is 10.6. The Bertz CT molecular complexity index is 1200. The SMILES string of the molecule is Cn1cncc1C(=O)N1CCN(c2ccc(C#N)c(C(F)(F)F)c2)CC1COc1ccccc1. The van der Waals surface area contributed by atoms with Crippen molar-refractivity contribution in [1.29, 1.82) is 5.26 Å². The minimum absolute atomic E-state index is 0.159. The van der Waals surface area contributed by atoms with Crippen LogP contribution >= 0.6 is 0 Å². The highest BCUT2D eigenvalue weighted by Gasteiger charge is 2.36. The summed E-state index contributed by atoms with van der Waals surface area (Å²) in [5, 5.41) is 9.08. The lowest BCUT2D eigenvalue weighted by atomic mass is 10.0. The number of carbonyl (C=O) groups excluding carboxylic acids is 1. The van der Waals surface area contributed by atoms with E-state index < -0.39 is 23.3 Å². The van der Waals surface area contributed by atoms with Gasteiger partial charge in [0.2, 0.25) is 0 Å². The molecule has 1 saturated heterocycles.